The lowest BCUT2D eigenvalue weighted by atomic mass is 10.0. The smallest absolute Gasteiger partial charge is 0.334 e. The zero-order valence-electron chi connectivity index (χ0n) is 15.2. The number of benzene rings is 1. The summed E-state index contributed by atoms with van der Waals surface area (Å²) in [6.45, 7) is 0.545. The fraction of sp³-hybridized carbons (Fsp3) is 0.476. The zero-order valence-corrected chi connectivity index (χ0v) is 15.2. The first-order valence-corrected chi connectivity index (χ1v) is 9.29. The molecule has 0 aromatic heterocycles. The van der Waals surface area contributed by atoms with Crippen molar-refractivity contribution in [2.45, 2.75) is 56.9 Å². The fourth-order valence-corrected chi connectivity index (χ4v) is 3.18. The van der Waals surface area contributed by atoms with Crippen LogP contribution in [0.5, 0.6) is 0 Å². The zero-order chi connectivity index (χ0) is 19.7. The van der Waals surface area contributed by atoms with Crippen LogP contribution in [-0.4, -0.2) is 29.2 Å². The predicted molar refractivity (Wildman–Crippen MR) is 97.9 cm³/mol. The molecule has 1 atom stereocenters. The van der Waals surface area contributed by atoms with Gasteiger partial charge in [-0.1, -0.05) is 49.2 Å². The third-order valence-corrected chi connectivity index (χ3v) is 4.73. The summed E-state index contributed by atoms with van der Waals surface area (Å²) in [7, 11) is 0. The van der Waals surface area contributed by atoms with E-state index >= 15 is 0 Å². The minimum Gasteiger partial charge on any atom is -0.336 e. The second-order valence-electron chi connectivity index (χ2n) is 6.68. The van der Waals surface area contributed by atoms with Crippen LogP contribution in [0.3, 0.4) is 0 Å². The van der Waals surface area contributed by atoms with E-state index in [2.05, 4.69) is 6.07 Å². The quantitative estimate of drug-likeness (QED) is 0.451. The molecule has 1 fully saturated rings. The van der Waals surface area contributed by atoms with Crippen LogP contribution in [0.15, 0.2) is 42.5 Å². The van der Waals surface area contributed by atoms with Crippen LogP contribution in [0.4, 0.5) is 8.78 Å². The fourth-order valence-electron chi connectivity index (χ4n) is 3.18. The van der Waals surface area contributed by atoms with Crippen molar-refractivity contribution in [3.8, 4) is 6.07 Å². The number of nitriles is 1. The van der Waals surface area contributed by atoms with Crippen molar-refractivity contribution in [3.05, 3.63) is 48.0 Å². The number of unbranched alkanes of at least 4 members (excludes halogenated alkanes) is 4. The van der Waals surface area contributed by atoms with Crippen LogP contribution in [0.25, 0.3) is 0 Å². The largest absolute Gasteiger partial charge is 0.336 e. The average Bonchev–Trinajstić information content (AvgIpc) is 3.03. The third-order valence-electron chi connectivity index (χ3n) is 4.73. The normalized spacial score (nSPS) is 17.4. The molecule has 0 aliphatic carbocycles. The standard InChI is InChI=1S/C21H24F2N2O2/c22-21(23,17-9-5-4-6-10-17)19(26)13-11-18-12-14-20(27)25(18)16-8-3-1-2-7-15-24/h4-6,9-11,13,18H,1-3,7-8,12,14,16H2/b13-11+/t18-/m0/s1. The number of carbonyl (C=O) groups is 2. The summed E-state index contributed by atoms with van der Waals surface area (Å²) in [5.74, 6) is -4.86. The number of allylic oxidation sites excluding steroid dienone is 1. The van der Waals surface area contributed by atoms with E-state index < -0.39 is 11.7 Å². The first-order valence-electron chi connectivity index (χ1n) is 9.29. The van der Waals surface area contributed by atoms with Gasteiger partial charge in [-0.25, -0.2) is 0 Å². The maximum atomic E-state index is 14.2. The van der Waals surface area contributed by atoms with Gasteiger partial charge in [-0.15, -0.1) is 0 Å². The summed E-state index contributed by atoms with van der Waals surface area (Å²) >= 11 is 0. The highest BCUT2D eigenvalue weighted by molar-refractivity contribution is 5.96. The summed E-state index contributed by atoms with van der Waals surface area (Å²) in [4.78, 5) is 25.7. The number of halogens is 2. The topological polar surface area (TPSA) is 61.2 Å². The highest BCUT2D eigenvalue weighted by atomic mass is 19.3. The van der Waals surface area contributed by atoms with E-state index in [4.69, 9.17) is 5.26 Å². The van der Waals surface area contributed by atoms with E-state index in [-0.39, 0.29) is 17.5 Å². The number of amides is 1. The van der Waals surface area contributed by atoms with Gasteiger partial charge in [0.05, 0.1) is 12.1 Å². The van der Waals surface area contributed by atoms with Gasteiger partial charge in [-0.2, -0.15) is 14.0 Å². The van der Waals surface area contributed by atoms with E-state index in [1.54, 1.807) is 11.0 Å². The average molecular weight is 374 g/mol. The van der Waals surface area contributed by atoms with Crippen LogP contribution < -0.4 is 0 Å². The molecule has 0 radical (unpaired) electrons. The van der Waals surface area contributed by atoms with Crippen LogP contribution >= 0.6 is 0 Å². The Kier molecular flexibility index (Phi) is 7.66. The lowest BCUT2D eigenvalue weighted by Gasteiger charge is -2.22. The first-order chi connectivity index (χ1) is 13.0. The van der Waals surface area contributed by atoms with Gasteiger partial charge in [0.1, 0.15) is 0 Å². The van der Waals surface area contributed by atoms with E-state index in [9.17, 15) is 18.4 Å². The van der Waals surface area contributed by atoms with Gasteiger partial charge in [-0.05, 0) is 25.3 Å². The van der Waals surface area contributed by atoms with Gasteiger partial charge in [0.15, 0.2) is 0 Å². The van der Waals surface area contributed by atoms with E-state index in [1.807, 2.05) is 0 Å². The molecule has 0 N–H and O–H groups in total. The van der Waals surface area contributed by atoms with Crippen LogP contribution in [0.2, 0.25) is 0 Å². The van der Waals surface area contributed by atoms with Crippen molar-refractivity contribution in [3.63, 3.8) is 0 Å². The molecular weight excluding hydrogens is 350 g/mol. The summed E-state index contributed by atoms with van der Waals surface area (Å²) in [5, 5.41) is 8.51. The molecule has 0 unspecified atom stereocenters. The second kappa shape index (κ2) is 9.96. The van der Waals surface area contributed by atoms with E-state index in [0.717, 1.165) is 31.8 Å². The van der Waals surface area contributed by atoms with E-state index in [1.165, 1.54) is 30.3 Å². The molecule has 1 aliphatic heterocycles. The Balaban J connectivity index is 1.91. The number of rotatable bonds is 10. The second-order valence-corrected chi connectivity index (χ2v) is 6.68. The molecule has 27 heavy (non-hydrogen) atoms. The maximum absolute atomic E-state index is 14.2. The highest BCUT2D eigenvalue weighted by Gasteiger charge is 2.39. The molecular formula is C21H24F2N2O2. The number of hydrogen-bond donors (Lipinski definition) is 0. The molecule has 144 valence electrons. The Bertz CT molecular complexity index is 711. The van der Waals surface area contributed by atoms with Crippen molar-refractivity contribution in [2.24, 2.45) is 0 Å². The number of alkyl halides is 2. The lowest BCUT2D eigenvalue weighted by Crippen LogP contribution is -2.33. The minimum atomic E-state index is -3.58. The molecule has 0 saturated carbocycles. The number of carbonyl (C=O) groups excluding carboxylic acids is 2. The van der Waals surface area contributed by atoms with Gasteiger partial charge in [-0.3, -0.25) is 9.59 Å². The summed E-state index contributed by atoms with van der Waals surface area (Å²) in [6, 6.07) is 8.78. The molecule has 4 nitrogen and oxygen atoms in total. The molecule has 2 rings (SSSR count). The monoisotopic (exact) mass is 374 g/mol. The van der Waals surface area contributed by atoms with Crippen LogP contribution in [0, 0.1) is 11.3 Å². The Morgan fingerprint density at radius 1 is 1.22 bits per heavy atom. The van der Waals surface area contributed by atoms with Crippen molar-refractivity contribution in [2.75, 3.05) is 6.54 Å². The van der Waals surface area contributed by atoms with Crippen molar-refractivity contribution in [1.82, 2.24) is 4.90 Å². The predicted octanol–water partition coefficient (Wildman–Crippen LogP) is 4.37. The minimum absolute atomic E-state index is 0.0102. The first kappa shape index (κ1) is 20.8. The van der Waals surface area contributed by atoms with Gasteiger partial charge in [0.25, 0.3) is 0 Å². The SMILES string of the molecule is N#CCCCCCCN1C(=O)CC[C@@H]1/C=C/C(=O)C(F)(F)c1ccccc1. The Morgan fingerprint density at radius 2 is 1.93 bits per heavy atom. The molecule has 1 amide bonds. The number of nitrogens with zero attached hydrogens (tertiary/aromatic N) is 2. The number of likely N-dealkylation sites (tertiary alicyclic amines) is 1. The molecule has 0 bridgehead atoms. The molecule has 1 saturated heterocycles. The van der Waals surface area contributed by atoms with Crippen LogP contribution in [0.1, 0.15) is 50.5 Å². The highest BCUT2D eigenvalue weighted by Crippen LogP contribution is 2.30. The molecule has 1 aliphatic rings. The van der Waals surface area contributed by atoms with Gasteiger partial charge >= 0.3 is 5.92 Å². The summed E-state index contributed by atoms with van der Waals surface area (Å²) in [6.07, 6.45) is 7.26. The van der Waals surface area contributed by atoms with Crippen molar-refractivity contribution < 1.29 is 18.4 Å². The molecule has 6 heteroatoms. The third kappa shape index (κ3) is 5.72. The summed E-state index contributed by atoms with van der Waals surface area (Å²) in [5.41, 5.74) is -0.337. The lowest BCUT2D eigenvalue weighted by molar-refractivity contribution is -0.139. The number of hydrogen-bond acceptors (Lipinski definition) is 3. The Morgan fingerprint density at radius 3 is 2.63 bits per heavy atom. The van der Waals surface area contributed by atoms with Gasteiger partial charge in [0.2, 0.25) is 11.7 Å². The Labute approximate surface area is 158 Å². The van der Waals surface area contributed by atoms with Gasteiger partial charge < -0.3 is 4.90 Å². The van der Waals surface area contributed by atoms with Crippen molar-refractivity contribution >= 4 is 11.7 Å². The van der Waals surface area contributed by atoms with Gasteiger partial charge in [0, 0.05) is 24.9 Å². The van der Waals surface area contributed by atoms with Crippen LogP contribution in [-0.2, 0) is 15.5 Å². The molecule has 0 spiro atoms. The molecule has 1 aromatic rings. The maximum Gasteiger partial charge on any atom is 0.334 e. The van der Waals surface area contributed by atoms with Crippen molar-refractivity contribution in [1.29, 1.82) is 5.26 Å². The van der Waals surface area contributed by atoms with E-state index in [0.29, 0.717) is 25.8 Å². The summed E-state index contributed by atoms with van der Waals surface area (Å²) < 4.78 is 28.5. The molecule has 1 heterocycles. The molecule has 1 aromatic carbocycles. The number of ketones is 1. The Hall–Kier alpha value is -2.55.